The zero-order chi connectivity index (χ0) is 15.0. The number of rotatable bonds is 8. The molecule has 0 unspecified atom stereocenters. The van der Waals surface area contributed by atoms with Crippen molar-refractivity contribution >= 4 is 5.84 Å². The Labute approximate surface area is 122 Å². The maximum atomic E-state index is 8.66. The molecule has 0 aromatic heterocycles. The molecule has 0 heterocycles. The lowest BCUT2D eigenvalue weighted by atomic mass is 10.0. The molecule has 0 atom stereocenters. The summed E-state index contributed by atoms with van der Waals surface area (Å²) in [6.45, 7) is 8.49. The molecule has 0 spiro atoms. The number of amidine groups is 1. The fourth-order valence-corrected chi connectivity index (χ4v) is 2.14. The van der Waals surface area contributed by atoms with Crippen molar-refractivity contribution in [1.29, 1.82) is 0 Å². The number of aryl methyl sites for hydroxylation is 1. The summed E-state index contributed by atoms with van der Waals surface area (Å²) in [4.78, 5) is 0. The molecule has 0 saturated carbocycles. The van der Waals surface area contributed by atoms with Gasteiger partial charge in [0.2, 0.25) is 0 Å². The van der Waals surface area contributed by atoms with Gasteiger partial charge in [-0.15, -0.1) is 0 Å². The van der Waals surface area contributed by atoms with Crippen molar-refractivity contribution in [3.63, 3.8) is 0 Å². The van der Waals surface area contributed by atoms with E-state index in [9.17, 15) is 0 Å². The second-order valence-electron chi connectivity index (χ2n) is 5.69. The van der Waals surface area contributed by atoms with Gasteiger partial charge in [-0.25, -0.2) is 0 Å². The SMILES string of the molecule is Cc1cc(/C(N)=N/O)ccc1CNCCCCC(C)C. The Kier molecular flexibility index (Phi) is 7.09. The summed E-state index contributed by atoms with van der Waals surface area (Å²) in [5.74, 6) is 0.949. The Hall–Kier alpha value is -1.55. The molecule has 1 aromatic carbocycles. The van der Waals surface area contributed by atoms with Gasteiger partial charge < -0.3 is 16.3 Å². The summed E-state index contributed by atoms with van der Waals surface area (Å²) in [5.41, 5.74) is 8.74. The van der Waals surface area contributed by atoms with Crippen molar-refractivity contribution in [2.24, 2.45) is 16.8 Å². The van der Waals surface area contributed by atoms with Crippen LogP contribution in [0.15, 0.2) is 23.4 Å². The average molecular weight is 277 g/mol. The van der Waals surface area contributed by atoms with Crippen LogP contribution < -0.4 is 11.1 Å². The van der Waals surface area contributed by atoms with Gasteiger partial charge in [0.15, 0.2) is 5.84 Å². The highest BCUT2D eigenvalue weighted by Gasteiger charge is 2.03. The lowest BCUT2D eigenvalue weighted by molar-refractivity contribution is 0.318. The Morgan fingerprint density at radius 1 is 1.35 bits per heavy atom. The first-order valence-corrected chi connectivity index (χ1v) is 7.32. The van der Waals surface area contributed by atoms with E-state index in [1.807, 2.05) is 25.1 Å². The highest BCUT2D eigenvalue weighted by atomic mass is 16.4. The zero-order valence-electron chi connectivity index (χ0n) is 12.8. The van der Waals surface area contributed by atoms with Crippen molar-refractivity contribution < 1.29 is 5.21 Å². The highest BCUT2D eigenvalue weighted by molar-refractivity contribution is 5.97. The molecule has 112 valence electrons. The average Bonchev–Trinajstić information content (AvgIpc) is 2.42. The van der Waals surface area contributed by atoms with Crippen LogP contribution in [0.2, 0.25) is 0 Å². The molecule has 0 aliphatic rings. The summed E-state index contributed by atoms with van der Waals surface area (Å²) in [5, 5.41) is 15.1. The minimum absolute atomic E-state index is 0.154. The maximum absolute atomic E-state index is 8.66. The van der Waals surface area contributed by atoms with Crippen LogP contribution in [0, 0.1) is 12.8 Å². The van der Waals surface area contributed by atoms with E-state index in [0.717, 1.165) is 30.1 Å². The molecular formula is C16H27N3O. The number of unbranched alkanes of at least 4 members (excludes halogenated alkanes) is 1. The van der Waals surface area contributed by atoms with E-state index >= 15 is 0 Å². The van der Waals surface area contributed by atoms with Gasteiger partial charge in [-0.3, -0.25) is 0 Å². The predicted octanol–water partition coefficient (Wildman–Crippen LogP) is 3.01. The second kappa shape index (κ2) is 8.59. The van der Waals surface area contributed by atoms with Gasteiger partial charge in [-0.05, 0) is 43.0 Å². The molecule has 4 heteroatoms. The predicted molar refractivity (Wildman–Crippen MR) is 84.1 cm³/mol. The Morgan fingerprint density at radius 2 is 2.10 bits per heavy atom. The molecule has 4 nitrogen and oxygen atoms in total. The molecule has 1 aromatic rings. The van der Waals surface area contributed by atoms with E-state index in [0.29, 0.717) is 0 Å². The number of hydrogen-bond acceptors (Lipinski definition) is 3. The van der Waals surface area contributed by atoms with Crippen LogP contribution in [0.3, 0.4) is 0 Å². The number of hydrogen-bond donors (Lipinski definition) is 3. The Bertz CT molecular complexity index is 441. The molecule has 1 rings (SSSR count). The molecule has 0 fully saturated rings. The molecular weight excluding hydrogens is 250 g/mol. The van der Waals surface area contributed by atoms with Gasteiger partial charge in [0, 0.05) is 12.1 Å². The topological polar surface area (TPSA) is 70.6 Å². The van der Waals surface area contributed by atoms with Gasteiger partial charge >= 0.3 is 0 Å². The highest BCUT2D eigenvalue weighted by Crippen LogP contribution is 2.11. The normalized spacial score (nSPS) is 12.1. The van der Waals surface area contributed by atoms with Crippen molar-refractivity contribution in [2.45, 2.75) is 46.6 Å². The quantitative estimate of drug-likeness (QED) is 0.225. The van der Waals surface area contributed by atoms with Crippen molar-refractivity contribution in [1.82, 2.24) is 5.32 Å². The third-order valence-corrected chi connectivity index (χ3v) is 3.45. The number of nitrogens with one attached hydrogen (secondary N) is 1. The lowest BCUT2D eigenvalue weighted by Crippen LogP contribution is -2.17. The van der Waals surface area contributed by atoms with Crippen LogP contribution in [0.25, 0.3) is 0 Å². The summed E-state index contributed by atoms with van der Waals surface area (Å²) in [7, 11) is 0. The number of benzene rings is 1. The Balaban J connectivity index is 2.38. The third kappa shape index (κ3) is 5.61. The standard InChI is InChI=1S/C16H27N3O/c1-12(2)6-4-5-9-18-11-15-8-7-14(10-13(15)3)16(17)19-20/h7-8,10,12,18,20H,4-6,9,11H2,1-3H3,(H2,17,19). The monoisotopic (exact) mass is 277 g/mol. The van der Waals surface area contributed by atoms with Crippen LogP contribution in [0.1, 0.15) is 49.8 Å². The number of nitrogens with two attached hydrogens (primary N) is 1. The van der Waals surface area contributed by atoms with E-state index in [2.05, 4.69) is 24.3 Å². The molecule has 20 heavy (non-hydrogen) atoms. The largest absolute Gasteiger partial charge is 0.409 e. The fourth-order valence-electron chi connectivity index (χ4n) is 2.14. The smallest absolute Gasteiger partial charge is 0.170 e. The van der Waals surface area contributed by atoms with Crippen LogP contribution in [-0.4, -0.2) is 17.6 Å². The molecule has 4 N–H and O–H groups in total. The molecule has 0 amide bonds. The summed E-state index contributed by atoms with van der Waals surface area (Å²) in [6, 6.07) is 5.87. The third-order valence-electron chi connectivity index (χ3n) is 3.45. The second-order valence-corrected chi connectivity index (χ2v) is 5.69. The lowest BCUT2D eigenvalue weighted by Gasteiger charge is -2.10. The van der Waals surface area contributed by atoms with Gasteiger partial charge in [0.1, 0.15) is 0 Å². The van der Waals surface area contributed by atoms with Crippen LogP contribution in [-0.2, 0) is 6.54 Å². The van der Waals surface area contributed by atoms with Gasteiger partial charge in [0.05, 0.1) is 0 Å². The fraction of sp³-hybridized carbons (Fsp3) is 0.562. The van der Waals surface area contributed by atoms with Crippen LogP contribution >= 0.6 is 0 Å². The van der Waals surface area contributed by atoms with Gasteiger partial charge in [-0.1, -0.05) is 44.0 Å². The van der Waals surface area contributed by atoms with Crippen molar-refractivity contribution in [3.05, 3.63) is 34.9 Å². The molecule has 0 saturated heterocycles. The van der Waals surface area contributed by atoms with Crippen molar-refractivity contribution in [2.75, 3.05) is 6.54 Å². The van der Waals surface area contributed by atoms with E-state index in [1.54, 1.807) is 0 Å². The van der Waals surface area contributed by atoms with Crippen LogP contribution in [0.4, 0.5) is 0 Å². The van der Waals surface area contributed by atoms with E-state index < -0.39 is 0 Å². The Morgan fingerprint density at radius 3 is 2.70 bits per heavy atom. The summed E-state index contributed by atoms with van der Waals surface area (Å²) >= 11 is 0. The first-order valence-electron chi connectivity index (χ1n) is 7.32. The van der Waals surface area contributed by atoms with Gasteiger partial charge in [-0.2, -0.15) is 0 Å². The minimum Gasteiger partial charge on any atom is -0.409 e. The summed E-state index contributed by atoms with van der Waals surface area (Å²) in [6.07, 6.45) is 3.81. The minimum atomic E-state index is 0.154. The maximum Gasteiger partial charge on any atom is 0.170 e. The molecule has 0 radical (unpaired) electrons. The van der Waals surface area contributed by atoms with E-state index in [4.69, 9.17) is 10.9 Å². The van der Waals surface area contributed by atoms with E-state index in [-0.39, 0.29) is 5.84 Å². The van der Waals surface area contributed by atoms with Crippen molar-refractivity contribution in [3.8, 4) is 0 Å². The number of nitrogens with zero attached hydrogens (tertiary/aromatic N) is 1. The first-order chi connectivity index (χ1) is 9.54. The summed E-state index contributed by atoms with van der Waals surface area (Å²) < 4.78 is 0. The van der Waals surface area contributed by atoms with E-state index in [1.165, 1.54) is 24.8 Å². The van der Waals surface area contributed by atoms with Crippen LogP contribution in [0.5, 0.6) is 0 Å². The first kappa shape index (κ1) is 16.5. The zero-order valence-corrected chi connectivity index (χ0v) is 12.8. The molecule has 0 bridgehead atoms. The van der Waals surface area contributed by atoms with Gasteiger partial charge in [0.25, 0.3) is 0 Å². The molecule has 0 aliphatic carbocycles. The molecule has 0 aliphatic heterocycles. The number of oxime groups is 1.